The van der Waals surface area contributed by atoms with Gasteiger partial charge in [-0.15, -0.1) is 0 Å². The first-order valence-electron chi connectivity index (χ1n) is 12.5. The molecule has 0 saturated carbocycles. The van der Waals surface area contributed by atoms with E-state index in [2.05, 4.69) is 10.6 Å². The number of carboxylic acids is 1. The lowest BCUT2D eigenvalue weighted by Gasteiger charge is -2.24. The zero-order valence-corrected chi connectivity index (χ0v) is 22.4. The molecule has 2 amide bonds. The van der Waals surface area contributed by atoms with Gasteiger partial charge in [0.25, 0.3) is 0 Å². The molecule has 2 rings (SSSR count). The van der Waals surface area contributed by atoms with Crippen molar-refractivity contribution in [1.82, 2.24) is 10.6 Å². The van der Waals surface area contributed by atoms with Crippen molar-refractivity contribution in [3.8, 4) is 0 Å². The zero-order chi connectivity index (χ0) is 27.0. The van der Waals surface area contributed by atoms with Crippen LogP contribution in [0.3, 0.4) is 0 Å². The fraction of sp³-hybridized carbons (Fsp3) is 0.444. The number of nitrogens with one attached hydrogen (secondary N) is 2. The van der Waals surface area contributed by atoms with Gasteiger partial charge in [-0.1, -0.05) is 74.5 Å². The van der Waals surface area contributed by atoms with E-state index in [1.54, 1.807) is 13.8 Å². The van der Waals surface area contributed by atoms with Crippen LogP contribution in [0, 0.1) is 5.92 Å². The van der Waals surface area contributed by atoms with Crippen LogP contribution in [0.5, 0.6) is 0 Å². The van der Waals surface area contributed by atoms with Crippen LogP contribution in [0.1, 0.15) is 50.7 Å². The van der Waals surface area contributed by atoms with Crippen LogP contribution < -0.4 is 10.6 Å². The van der Waals surface area contributed by atoms with Crippen molar-refractivity contribution >= 4 is 26.0 Å². The molecule has 0 aliphatic rings. The molecule has 0 radical (unpaired) electrons. The van der Waals surface area contributed by atoms with Gasteiger partial charge >= 0.3 is 12.1 Å². The maximum atomic E-state index is 12.9. The molecule has 0 bridgehead atoms. The monoisotopic (exact) mass is 532 g/mol. The number of amides is 2. The summed E-state index contributed by atoms with van der Waals surface area (Å²) in [4.78, 5) is 35.9. The van der Waals surface area contributed by atoms with Crippen LogP contribution in [0.25, 0.3) is 0 Å². The van der Waals surface area contributed by atoms with E-state index in [1.807, 2.05) is 60.7 Å². The highest BCUT2D eigenvalue weighted by Gasteiger charge is 2.28. The standard InChI is InChI=1S/C27H37N2O7P/c1-20(2)25(29-24(30)17-16-21-11-5-3-6-12-21)37(34)36-23(26(31)32)15-9-10-18-28-27(33)35-19-22-13-7-4-8-14-22/h3-8,11-14,20,23,25,37H,9-10,15-19H2,1-2H3,(H,28,33)(H,29,30)(H,31,32)/t23?,25-/m0/s1. The van der Waals surface area contributed by atoms with Crippen LogP contribution >= 0.6 is 8.03 Å². The summed E-state index contributed by atoms with van der Waals surface area (Å²) >= 11 is 0. The highest BCUT2D eigenvalue weighted by Crippen LogP contribution is 2.35. The molecular weight excluding hydrogens is 495 g/mol. The van der Waals surface area contributed by atoms with E-state index in [0.29, 0.717) is 25.8 Å². The van der Waals surface area contributed by atoms with E-state index in [4.69, 9.17) is 9.26 Å². The lowest BCUT2D eigenvalue weighted by molar-refractivity contribution is -0.145. The van der Waals surface area contributed by atoms with E-state index < -0.39 is 32.0 Å². The second kappa shape index (κ2) is 16.6. The first kappa shape index (κ1) is 30.1. The number of carbonyl (C=O) groups excluding carboxylic acids is 2. The largest absolute Gasteiger partial charge is 0.479 e. The minimum atomic E-state index is -2.89. The van der Waals surface area contributed by atoms with Crippen molar-refractivity contribution < 1.29 is 33.3 Å². The smallest absolute Gasteiger partial charge is 0.407 e. The normalized spacial score (nSPS) is 13.4. The van der Waals surface area contributed by atoms with Crippen LogP contribution in [0.2, 0.25) is 0 Å². The Balaban J connectivity index is 1.72. The highest BCUT2D eigenvalue weighted by molar-refractivity contribution is 7.40. The Kier molecular flexibility index (Phi) is 13.5. The van der Waals surface area contributed by atoms with E-state index in [0.717, 1.165) is 11.1 Å². The Morgan fingerprint density at radius 3 is 2.16 bits per heavy atom. The summed E-state index contributed by atoms with van der Waals surface area (Å²) in [7, 11) is -2.89. The maximum Gasteiger partial charge on any atom is 0.407 e. The maximum absolute atomic E-state index is 12.9. The summed E-state index contributed by atoms with van der Waals surface area (Å²) in [6, 6.07) is 18.9. The Morgan fingerprint density at radius 1 is 0.946 bits per heavy atom. The first-order valence-corrected chi connectivity index (χ1v) is 13.9. The molecule has 0 spiro atoms. The lowest BCUT2D eigenvalue weighted by atomic mass is 10.1. The molecule has 37 heavy (non-hydrogen) atoms. The molecule has 202 valence electrons. The number of unbranched alkanes of at least 4 members (excludes halogenated alkanes) is 1. The third kappa shape index (κ3) is 12.1. The zero-order valence-electron chi connectivity index (χ0n) is 21.4. The average molecular weight is 533 g/mol. The quantitative estimate of drug-likeness (QED) is 0.210. The first-order chi connectivity index (χ1) is 17.8. The van der Waals surface area contributed by atoms with Crippen LogP contribution in [-0.2, 0) is 36.4 Å². The molecule has 3 atom stereocenters. The van der Waals surface area contributed by atoms with Crippen LogP contribution in [0.4, 0.5) is 4.79 Å². The molecule has 0 aliphatic heterocycles. The van der Waals surface area contributed by atoms with E-state index in [-0.39, 0.29) is 31.3 Å². The fourth-order valence-corrected chi connectivity index (χ4v) is 4.98. The summed E-state index contributed by atoms with van der Waals surface area (Å²) < 4.78 is 23.5. The lowest BCUT2D eigenvalue weighted by Crippen LogP contribution is -2.37. The number of hydrogen-bond acceptors (Lipinski definition) is 6. The summed E-state index contributed by atoms with van der Waals surface area (Å²) in [5.74, 6) is -2.45. The summed E-state index contributed by atoms with van der Waals surface area (Å²) in [6.45, 7) is 4.07. The van der Waals surface area contributed by atoms with Crippen LogP contribution in [-0.4, -0.2) is 41.5 Å². The van der Waals surface area contributed by atoms with Crippen molar-refractivity contribution in [2.75, 3.05) is 6.54 Å². The van der Waals surface area contributed by atoms with Crippen molar-refractivity contribution in [3.63, 3.8) is 0 Å². The van der Waals surface area contributed by atoms with E-state index in [9.17, 15) is 24.1 Å². The van der Waals surface area contributed by atoms with Gasteiger partial charge in [0.15, 0.2) is 6.10 Å². The average Bonchev–Trinajstić information content (AvgIpc) is 2.89. The summed E-state index contributed by atoms with van der Waals surface area (Å²) in [6.07, 6.45) is 0.0103. The Bertz CT molecular complexity index is 1000. The van der Waals surface area contributed by atoms with Gasteiger partial charge in [-0.3, -0.25) is 9.36 Å². The SMILES string of the molecule is CC(C)[C@@H](NC(=O)CCc1ccccc1)[PH](=O)OC(CCCCNC(=O)OCc1ccccc1)C(=O)O. The van der Waals surface area contributed by atoms with Crippen molar-refractivity contribution in [1.29, 1.82) is 0 Å². The van der Waals surface area contributed by atoms with Crippen molar-refractivity contribution in [3.05, 3.63) is 71.8 Å². The van der Waals surface area contributed by atoms with Gasteiger partial charge in [0.05, 0.1) is 0 Å². The minimum absolute atomic E-state index is 0.124. The third-order valence-electron chi connectivity index (χ3n) is 5.63. The number of benzene rings is 2. The second-order valence-electron chi connectivity index (χ2n) is 9.02. The number of aliphatic carboxylic acids is 1. The summed E-state index contributed by atoms with van der Waals surface area (Å²) in [5.41, 5.74) is 1.90. The molecule has 0 heterocycles. The van der Waals surface area contributed by atoms with E-state index >= 15 is 0 Å². The number of carbonyl (C=O) groups is 3. The Morgan fingerprint density at radius 2 is 1.57 bits per heavy atom. The Hall–Kier alpha value is -3.16. The molecule has 2 unspecified atom stereocenters. The number of ether oxygens (including phenoxy) is 1. The van der Waals surface area contributed by atoms with Crippen molar-refractivity contribution in [2.24, 2.45) is 5.92 Å². The van der Waals surface area contributed by atoms with Gasteiger partial charge in [0.2, 0.25) is 13.9 Å². The molecule has 0 saturated heterocycles. The number of carboxylic acid groups (broad SMARTS) is 1. The number of hydrogen-bond donors (Lipinski definition) is 3. The molecule has 0 aliphatic carbocycles. The molecule has 10 heteroatoms. The minimum Gasteiger partial charge on any atom is -0.479 e. The molecule has 9 nitrogen and oxygen atoms in total. The van der Waals surface area contributed by atoms with Gasteiger partial charge in [-0.25, -0.2) is 9.59 Å². The summed E-state index contributed by atoms with van der Waals surface area (Å²) in [5, 5.41) is 14.9. The predicted octanol–water partition coefficient (Wildman–Crippen LogP) is 4.76. The molecule has 2 aromatic carbocycles. The van der Waals surface area contributed by atoms with Gasteiger partial charge in [0.1, 0.15) is 12.4 Å². The third-order valence-corrected chi connectivity index (χ3v) is 7.47. The van der Waals surface area contributed by atoms with Gasteiger partial charge in [-0.05, 0) is 42.7 Å². The second-order valence-corrected chi connectivity index (χ2v) is 10.5. The number of rotatable bonds is 16. The number of alkyl carbamates (subject to hydrolysis) is 1. The highest BCUT2D eigenvalue weighted by atomic mass is 31.1. The predicted molar refractivity (Wildman–Crippen MR) is 142 cm³/mol. The topological polar surface area (TPSA) is 131 Å². The molecular formula is C27H37N2O7P. The molecule has 3 N–H and O–H groups in total. The molecule has 0 fully saturated rings. The van der Waals surface area contributed by atoms with Gasteiger partial charge in [0, 0.05) is 13.0 Å². The van der Waals surface area contributed by atoms with E-state index in [1.165, 1.54) is 0 Å². The number of aryl methyl sites for hydroxylation is 1. The Labute approximate surface area is 218 Å². The molecule has 0 aromatic heterocycles. The van der Waals surface area contributed by atoms with Crippen LogP contribution in [0.15, 0.2) is 60.7 Å². The van der Waals surface area contributed by atoms with Crippen molar-refractivity contribution in [2.45, 2.75) is 64.4 Å². The molecule has 2 aromatic rings. The fourth-order valence-electron chi connectivity index (χ4n) is 3.51. The van der Waals surface area contributed by atoms with Gasteiger partial charge < -0.3 is 25.0 Å². The van der Waals surface area contributed by atoms with Gasteiger partial charge in [-0.2, -0.15) is 0 Å².